The molecule has 2 aromatic carbocycles. The van der Waals surface area contributed by atoms with Crippen LogP contribution in [-0.4, -0.2) is 15.9 Å². The zero-order valence-electron chi connectivity index (χ0n) is 10.2. The van der Waals surface area contributed by atoms with E-state index in [9.17, 15) is 9.90 Å². The van der Waals surface area contributed by atoms with Crippen LogP contribution in [0.15, 0.2) is 51.4 Å². The Hall–Kier alpha value is -1.59. The van der Waals surface area contributed by atoms with E-state index < -0.39 is 0 Å². The minimum absolute atomic E-state index is 0.0296. The lowest BCUT2D eigenvalue weighted by Crippen LogP contribution is -2.01. The molecular formula is C15H9Br2NO2. The van der Waals surface area contributed by atoms with Gasteiger partial charge in [0.1, 0.15) is 5.75 Å². The minimum atomic E-state index is -0.240. The third kappa shape index (κ3) is 2.39. The fourth-order valence-electron chi connectivity index (χ4n) is 2.06. The number of fused-ring (bicyclic) bond motifs is 1. The van der Waals surface area contributed by atoms with Gasteiger partial charge in [-0.2, -0.15) is 0 Å². The fourth-order valence-corrected chi connectivity index (χ4v) is 2.78. The molecule has 20 heavy (non-hydrogen) atoms. The summed E-state index contributed by atoms with van der Waals surface area (Å²) in [6, 6.07) is 12.3. The third-order valence-corrected chi connectivity index (χ3v) is 4.02. The fraction of sp³-hybridized carbons (Fsp3) is 0. The van der Waals surface area contributed by atoms with Crippen molar-refractivity contribution in [3.8, 4) is 5.75 Å². The zero-order valence-corrected chi connectivity index (χ0v) is 13.3. The lowest BCUT2D eigenvalue weighted by Gasteiger charge is -2.02. The number of hydrogen-bond acceptors (Lipinski definition) is 2. The minimum Gasteiger partial charge on any atom is -0.507 e. The van der Waals surface area contributed by atoms with Crippen molar-refractivity contribution < 1.29 is 9.90 Å². The number of aromatic hydroxyl groups is 1. The Morgan fingerprint density at radius 1 is 1.00 bits per heavy atom. The molecule has 5 heteroatoms. The van der Waals surface area contributed by atoms with Gasteiger partial charge in [-0.15, -0.1) is 0 Å². The average molecular weight is 395 g/mol. The van der Waals surface area contributed by atoms with Crippen molar-refractivity contribution in [2.24, 2.45) is 0 Å². The Morgan fingerprint density at radius 2 is 1.70 bits per heavy atom. The van der Waals surface area contributed by atoms with Crippen LogP contribution in [0.3, 0.4) is 0 Å². The molecule has 3 nitrogen and oxygen atoms in total. The SMILES string of the molecule is O=C(c1cc2ccc(Br)cc2[nH]1)c1cc(Br)ccc1O. The Bertz CT molecular complexity index is 824. The van der Waals surface area contributed by atoms with Crippen LogP contribution in [0.5, 0.6) is 5.75 Å². The smallest absolute Gasteiger partial charge is 0.212 e. The van der Waals surface area contributed by atoms with E-state index in [0.29, 0.717) is 5.69 Å². The molecule has 0 bridgehead atoms. The summed E-state index contributed by atoms with van der Waals surface area (Å²) in [7, 11) is 0. The first-order chi connectivity index (χ1) is 9.54. The number of ketones is 1. The normalized spacial score (nSPS) is 10.9. The van der Waals surface area contributed by atoms with Gasteiger partial charge in [0, 0.05) is 19.8 Å². The van der Waals surface area contributed by atoms with Gasteiger partial charge >= 0.3 is 0 Å². The number of hydrogen-bond donors (Lipinski definition) is 2. The number of carbonyl (C=O) groups excluding carboxylic acids is 1. The van der Waals surface area contributed by atoms with E-state index >= 15 is 0 Å². The number of halogens is 2. The van der Waals surface area contributed by atoms with Gasteiger partial charge in [0.15, 0.2) is 0 Å². The van der Waals surface area contributed by atoms with Gasteiger partial charge in [-0.1, -0.05) is 37.9 Å². The van der Waals surface area contributed by atoms with Gasteiger partial charge in [0.25, 0.3) is 0 Å². The summed E-state index contributed by atoms with van der Waals surface area (Å²) >= 11 is 6.70. The Labute approximate surface area is 131 Å². The maximum Gasteiger partial charge on any atom is 0.212 e. The molecule has 0 atom stereocenters. The molecule has 0 aliphatic carbocycles. The van der Waals surface area contributed by atoms with E-state index in [1.165, 1.54) is 6.07 Å². The third-order valence-electron chi connectivity index (χ3n) is 3.03. The lowest BCUT2D eigenvalue weighted by molar-refractivity contribution is 0.103. The Balaban J connectivity index is 2.10. The predicted octanol–water partition coefficient (Wildman–Crippen LogP) is 4.63. The van der Waals surface area contributed by atoms with Crippen LogP contribution in [0, 0.1) is 0 Å². The quantitative estimate of drug-likeness (QED) is 0.622. The number of aromatic amines is 1. The molecule has 0 aliphatic rings. The number of carbonyl (C=O) groups is 1. The summed E-state index contributed by atoms with van der Waals surface area (Å²) < 4.78 is 1.69. The van der Waals surface area contributed by atoms with Crippen LogP contribution in [0.25, 0.3) is 10.9 Å². The second-order valence-corrected chi connectivity index (χ2v) is 6.24. The highest BCUT2D eigenvalue weighted by atomic mass is 79.9. The summed E-state index contributed by atoms with van der Waals surface area (Å²) in [5.41, 5.74) is 1.59. The van der Waals surface area contributed by atoms with Gasteiger partial charge in [0.05, 0.1) is 11.3 Å². The van der Waals surface area contributed by atoms with E-state index in [0.717, 1.165) is 19.8 Å². The molecule has 0 fully saturated rings. The van der Waals surface area contributed by atoms with Crippen molar-refractivity contribution in [1.29, 1.82) is 0 Å². The highest BCUT2D eigenvalue weighted by molar-refractivity contribution is 9.10. The second-order valence-electron chi connectivity index (χ2n) is 4.41. The summed E-state index contributed by atoms with van der Waals surface area (Å²) in [6.45, 7) is 0. The maximum absolute atomic E-state index is 12.5. The Morgan fingerprint density at radius 3 is 2.50 bits per heavy atom. The number of rotatable bonds is 2. The largest absolute Gasteiger partial charge is 0.507 e. The van der Waals surface area contributed by atoms with Gasteiger partial charge < -0.3 is 10.1 Å². The number of H-pyrrole nitrogens is 1. The first-order valence-corrected chi connectivity index (χ1v) is 7.45. The molecule has 1 aromatic heterocycles. The molecule has 0 aliphatic heterocycles. The molecule has 0 amide bonds. The van der Waals surface area contributed by atoms with Crippen molar-refractivity contribution >= 4 is 48.5 Å². The molecule has 100 valence electrons. The summed E-state index contributed by atoms with van der Waals surface area (Å²) in [5, 5.41) is 10.8. The molecule has 0 unspecified atom stereocenters. The summed E-state index contributed by atoms with van der Waals surface area (Å²) in [5.74, 6) is -0.269. The van der Waals surface area contributed by atoms with Crippen LogP contribution in [0.2, 0.25) is 0 Å². The molecule has 3 rings (SSSR count). The van der Waals surface area contributed by atoms with Crippen LogP contribution < -0.4 is 0 Å². The molecule has 1 heterocycles. The molecule has 0 saturated carbocycles. The molecule has 0 saturated heterocycles. The van der Waals surface area contributed by atoms with E-state index in [1.807, 2.05) is 18.2 Å². The second kappa shape index (κ2) is 5.07. The predicted molar refractivity (Wildman–Crippen MR) is 85.2 cm³/mol. The van der Waals surface area contributed by atoms with Crippen molar-refractivity contribution in [2.45, 2.75) is 0 Å². The molecule has 0 radical (unpaired) electrons. The molecule has 0 spiro atoms. The number of phenols is 1. The number of aromatic nitrogens is 1. The van der Waals surface area contributed by atoms with Gasteiger partial charge in [-0.3, -0.25) is 4.79 Å². The number of nitrogens with one attached hydrogen (secondary N) is 1. The monoisotopic (exact) mass is 393 g/mol. The van der Waals surface area contributed by atoms with Gasteiger partial charge in [-0.05, 0) is 36.4 Å². The van der Waals surface area contributed by atoms with E-state index in [1.54, 1.807) is 18.2 Å². The highest BCUT2D eigenvalue weighted by Crippen LogP contribution is 2.26. The number of benzene rings is 2. The van der Waals surface area contributed by atoms with E-state index in [4.69, 9.17) is 0 Å². The lowest BCUT2D eigenvalue weighted by atomic mass is 10.1. The van der Waals surface area contributed by atoms with Crippen molar-refractivity contribution in [3.63, 3.8) is 0 Å². The van der Waals surface area contributed by atoms with Crippen molar-refractivity contribution in [1.82, 2.24) is 4.98 Å². The average Bonchev–Trinajstić information content (AvgIpc) is 2.83. The summed E-state index contributed by atoms with van der Waals surface area (Å²) in [4.78, 5) is 15.5. The Kier molecular flexibility index (Phi) is 3.40. The first kappa shape index (κ1) is 13.4. The highest BCUT2D eigenvalue weighted by Gasteiger charge is 2.16. The zero-order chi connectivity index (χ0) is 14.3. The van der Waals surface area contributed by atoms with E-state index in [-0.39, 0.29) is 17.1 Å². The van der Waals surface area contributed by atoms with Gasteiger partial charge in [0.2, 0.25) is 5.78 Å². The van der Waals surface area contributed by atoms with E-state index in [2.05, 4.69) is 36.8 Å². The summed E-state index contributed by atoms with van der Waals surface area (Å²) in [6.07, 6.45) is 0. The van der Waals surface area contributed by atoms with Crippen LogP contribution >= 0.6 is 31.9 Å². The standard InChI is InChI=1S/C15H9Br2NO2/c16-9-3-4-14(19)11(6-9)15(20)13-5-8-1-2-10(17)7-12(8)18-13/h1-7,18-19H. The van der Waals surface area contributed by atoms with Crippen LogP contribution in [0.4, 0.5) is 0 Å². The van der Waals surface area contributed by atoms with Crippen molar-refractivity contribution in [3.05, 3.63) is 62.7 Å². The van der Waals surface area contributed by atoms with Crippen LogP contribution in [-0.2, 0) is 0 Å². The van der Waals surface area contributed by atoms with Crippen LogP contribution in [0.1, 0.15) is 16.1 Å². The molecule has 3 aromatic rings. The first-order valence-electron chi connectivity index (χ1n) is 5.86. The molecular weight excluding hydrogens is 386 g/mol. The molecule has 2 N–H and O–H groups in total. The number of phenolic OH excluding ortho intramolecular Hbond substituents is 1. The van der Waals surface area contributed by atoms with Crippen molar-refractivity contribution in [2.75, 3.05) is 0 Å². The topological polar surface area (TPSA) is 53.1 Å². The van der Waals surface area contributed by atoms with Gasteiger partial charge in [-0.25, -0.2) is 0 Å². The maximum atomic E-state index is 12.5.